The first-order valence-corrected chi connectivity index (χ1v) is 13.3. The van der Waals surface area contributed by atoms with Crippen molar-refractivity contribution in [1.82, 2.24) is 0 Å². The Morgan fingerprint density at radius 2 is 1.56 bits per heavy atom. The van der Waals surface area contributed by atoms with E-state index in [0.29, 0.717) is 12.8 Å². The summed E-state index contributed by atoms with van der Waals surface area (Å²) < 4.78 is 9.78. The van der Waals surface area contributed by atoms with Crippen LogP contribution >= 0.6 is 0 Å². The minimum atomic E-state index is -3.11. The molecule has 0 radical (unpaired) electrons. The molecule has 5 unspecified atom stereocenters. The van der Waals surface area contributed by atoms with E-state index in [4.69, 9.17) is 9.84 Å². The predicted molar refractivity (Wildman–Crippen MR) is 141 cm³/mol. The topological polar surface area (TPSA) is 222 Å². The van der Waals surface area contributed by atoms with E-state index in [1.54, 1.807) is 6.08 Å². The minimum absolute atomic E-state index is 0.345. The Morgan fingerprint density at radius 1 is 0.927 bits per heavy atom. The fourth-order valence-electron chi connectivity index (χ4n) is 4.18. The third-order valence-corrected chi connectivity index (χ3v) is 6.36. The molecule has 0 amide bonds. The number of allylic oxidation sites excluding steroid dienone is 5. The summed E-state index contributed by atoms with van der Waals surface area (Å²) in [4.78, 5) is 70.8. The predicted octanol–water partition coefficient (Wildman–Crippen LogP) is 2.71. The zero-order valence-electron chi connectivity index (χ0n) is 22.8. The maximum atomic E-state index is 12.9. The Morgan fingerprint density at radius 3 is 2.12 bits per heavy atom. The van der Waals surface area contributed by atoms with Crippen LogP contribution in [0.5, 0.6) is 0 Å². The van der Waals surface area contributed by atoms with E-state index in [2.05, 4.69) is 23.8 Å². The molecule has 0 aromatic rings. The molecule has 1 rings (SSSR count). The number of ether oxygens (including phenoxy) is 2. The third kappa shape index (κ3) is 12.0. The van der Waals surface area contributed by atoms with Gasteiger partial charge in [0.1, 0.15) is 17.9 Å². The largest absolute Gasteiger partial charge is 0.481 e. The zero-order chi connectivity index (χ0) is 31.0. The van der Waals surface area contributed by atoms with Crippen LogP contribution in [0.3, 0.4) is 0 Å². The summed E-state index contributed by atoms with van der Waals surface area (Å²) in [6.45, 7) is 2.15. The Bertz CT molecular complexity index is 1030. The summed E-state index contributed by atoms with van der Waals surface area (Å²) >= 11 is 0. The number of carbonyl (C=O) groups is 6. The van der Waals surface area contributed by atoms with E-state index < -0.39 is 78.3 Å². The number of hydrogen-bond donors (Lipinski definition) is 5. The van der Waals surface area contributed by atoms with Crippen LogP contribution in [0.2, 0.25) is 0 Å². The van der Waals surface area contributed by atoms with Gasteiger partial charge in [-0.15, -0.1) is 0 Å². The third-order valence-electron chi connectivity index (χ3n) is 6.36. The van der Waals surface area contributed by atoms with Crippen molar-refractivity contribution < 1.29 is 63.8 Å². The van der Waals surface area contributed by atoms with Crippen LogP contribution < -0.4 is 0 Å². The number of aliphatic hydroxyl groups is 1. The molecule has 0 aromatic carbocycles. The molecular weight excluding hydrogens is 544 g/mol. The van der Waals surface area contributed by atoms with Crippen molar-refractivity contribution in [2.75, 3.05) is 0 Å². The molecule has 0 aromatic heterocycles. The normalized spacial score (nSPS) is 20.1. The van der Waals surface area contributed by atoms with E-state index in [9.17, 15) is 49.2 Å². The maximum Gasteiger partial charge on any atom is 0.345 e. The highest BCUT2D eigenvalue weighted by atomic mass is 16.6. The van der Waals surface area contributed by atoms with Gasteiger partial charge in [-0.25, -0.2) is 9.59 Å². The fourth-order valence-corrected chi connectivity index (χ4v) is 4.18. The summed E-state index contributed by atoms with van der Waals surface area (Å²) in [5.74, 6) is -14.5. The Hall–Kier alpha value is -4.00. The van der Waals surface area contributed by atoms with E-state index >= 15 is 0 Å². The van der Waals surface area contributed by atoms with Gasteiger partial charge in [0.2, 0.25) is 6.10 Å². The number of carboxylic acid groups (broad SMARTS) is 4. The molecule has 0 bridgehead atoms. The van der Waals surface area contributed by atoms with E-state index in [1.807, 2.05) is 12.2 Å². The van der Waals surface area contributed by atoms with Crippen LogP contribution in [0.25, 0.3) is 0 Å². The second-order valence-electron chi connectivity index (χ2n) is 9.64. The fraction of sp³-hybridized carbons (Fsp3) is 0.571. The van der Waals surface area contributed by atoms with Crippen molar-refractivity contribution >= 4 is 35.8 Å². The summed E-state index contributed by atoms with van der Waals surface area (Å²) in [5, 5.41) is 47.8. The van der Waals surface area contributed by atoms with Crippen molar-refractivity contribution in [2.24, 2.45) is 11.8 Å². The molecule has 1 heterocycles. The van der Waals surface area contributed by atoms with Crippen LogP contribution in [-0.2, 0) is 38.2 Å². The standard InChI is InChI=1S/C28H38O13/c1-2-3-4-5-6-7-8-9-10-11-12-13-14-18-15-20(26(37)40-18)28(39,17-22(31)32)27(38)41-23(25(35)36)19(24(33)34)16-21(29)30/h6-7,9-10,13-14,18-20,23,39H,2-5,8,11-12,15-17H2,1H3,(H,29,30)(H,31,32)(H,33,34)(H,35,36). The smallest absolute Gasteiger partial charge is 0.345 e. The molecule has 1 aliphatic heterocycles. The van der Waals surface area contributed by atoms with Crippen molar-refractivity contribution in [3.63, 3.8) is 0 Å². The molecule has 5 N–H and O–H groups in total. The van der Waals surface area contributed by atoms with E-state index in [0.717, 1.165) is 12.8 Å². The first-order valence-electron chi connectivity index (χ1n) is 13.3. The first kappa shape index (κ1) is 35.0. The average Bonchev–Trinajstić information content (AvgIpc) is 3.26. The van der Waals surface area contributed by atoms with Gasteiger partial charge in [0, 0.05) is 6.42 Å². The monoisotopic (exact) mass is 582 g/mol. The lowest BCUT2D eigenvalue weighted by Gasteiger charge is -2.30. The van der Waals surface area contributed by atoms with Crippen LogP contribution in [0.1, 0.15) is 71.1 Å². The van der Waals surface area contributed by atoms with Gasteiger partial charge in [-0.3, -0.25) is 19.2 Å². The van der Waals surface area contributed by atoms with Gasteiger partial charge in [0.25, 0.3) is 0 Å². The molecule has 41 heavy (non-hydrogen) atoms. The zero-order valence-corrected chi connectivity index (χ0v) is 22.8. The van der Waals surface area contributed by atoms with Crippen LogP contribution in [0.4, 0.5) is 0 Å². The first-order chi connectivity index (χ1) is 19.3. The molecule has 228 valence electrons. The van der Waals surface area contributed by atoms with Gasteiger partial charge in [0.15, 0.2) is 5.60 Å². The van der Waals surface area contributed by atoms with Crippen molar-refractivity contribution in [3.05, 3.63) is 36.5 Å². The lowest BCUT2D eigenvalue weighted by molar-refractivity contribution is -0.194. The highest BCUT2D eigenvalue weighted by molar-refractivity contribution is 5.94. The van der Waals surface area contributed by atoms with Crippen LogP contribution in [-0.4, -0.2) is 79.2 Å². The molecular formula is C28H38O13. The second-order valence-corrected chi connectivity index (χ2v) is 9.64. The lowest BCUT2D eigenvalue weighted by Crippen LogP contribution is -2.53. The van der Waals surface area contributed by atoms with Crippen molar-refractivity contribution in [1.29, 1.82) is 0 Å². The van der Waals surface area contributed by atoms with Crippen LogP contribution in [0, 0.1) is 11.8 Å². The Kier molecular flexibility index (Phi) is 15.1. The van der Waals surface area contributed by atoms with Crippen molar-refractivity contribution in [2.45, 2.75) is 88.9 Å². The van der Waals surface area contributed by atoms with Crippen molar-refractivity contribution in [3.8, 4) is 0 Å². The number of unbranched alkanes of at least 4 members (excludes halogenated alkanes) is 4. The summed E-state index contributed by atoms with van der Waals surface area (Å²) in [7, 11) is 0. The number of esters is 2. The van der Waals surface area contributed by atoms with E-state index in [-0.39, 0.29) is 6.42 Å². The molecule has 0 spiro atoms. The quantitative estimate of drug-likeness (QED) is 0.0792. The van der Waals surface area contributed by atoms with Gasteiger partial charge in [0.05, 0.1) is 12.8 Å². The Balaban J connectivity index is 2.86. The van der Waals surface area contributed by atoms with Gasteiger partial charge in [-0.05, 0) is 38.2 Å². The van der Waals surface area contributed by atoms with E-state index in [1.165, 1.54) is 25.3 Å². The highest BCUT2D eigenvalue weighted by Gasteiger charge is 2.56. The number of carboxylic acids is 4. The lowest BCUT2D eigenvalue weighted by atomic mass is 9.82. The number of aliphatic carboxylic acids is 4. The molecule has 5 atom stereocenters. The molecule has 1 saturated heterocycles. The second kappa shape index (κ2) is 17.6. The summed E-state index contributed by atoms with van der Waals surface area (Å²) in [6.07, 6.45) is 11.7. The Labute approximate surface area is 237 Å². The summed E-state index contributed by atoms with van der Waals surface area (Å²) in [5.41, 5.74) is -3.11. The molecule has 13 heteroatoms. The molecule has 1 fully saturated rings. The number of carbonyl (C=O) groups excluding carboxylic acids is 2. The SMILES string of the molecule is CCCCCC=CCC=CCCC=CC1CC(C(O)(CC(=O)O)C(=O)OC(C(=O)O)C(CC(=O)O)C(=O)O)C(=O)O1. The average molecular weight is 583 g/mol. The molecule has 1 aliphatic rings. The minimum Gasteiger partial charge on any atom is -0.481 e. The number of cyclic esters (lactones) is 1. The molecule has 13 nitrogen and oxygen atoms in total. The summed E-state index contributed by atoms with van der Waals surface area (Å²) in [6, 6.07) is 0. The van der Waals surface area contributed by atoms with Gasteiger partial charge in [-0.1, -0.05) is 50.1 Å². The number of hydrogen-bond acceptors (Lipinski definition) is 9. The maximum absolute atomic E-state index is 12.9. The number of rotatable bonds is 20. The molecule has 0 saturated carbocycles. The van der Waals surface area contributed by atoms with Crippen LogP contribution in [0.15, 0.2) is 36.5 Å². The highest BCUT2D eigenvalue weighted by Crippen LogP contribution is 2.36. The van der Waals surface area contributed by atoms with Gasteiger partial charge in [-0.2, -0.15) is 0 Å². The van der Waals surface area contributed by atoms with Gasteiger partial charge >= 0.3 is 35.8 Å². The van der Waals surface area contributed by atoms with Gasteiger partial charge < -0.3 is 35.0 Å². The molecule has 0 aliphatic carbocycles.